The fraction of sp³-hybridized carbons (Fsp3) is 0.412. The summed E-state index contributed by atoms with van der Waals surface area (Å²) >= 11 is 1.63. The number of aromatic nitrogens is 4. The third-order valence-corrected chi connectivity index (χ3v) is 5.97. The minimum atomic E-state index is 0.604. The van der Waals surface area contributed by atoms with Crippen LogP contribution in [0, 0.1) is 0 Å². The summed E-state index contributed by atoms with van der Waals surface area (Å²) in [6.45, 7) is 4.59. The Morgan fingerprint density at radius 1 is 0.958 bits per heavy atom. The molecule has 24 heavy (non-hydrogen) atoms. The molecule has 0 spiro atoms. The molecule has 2 bridgehead atoms. The van der Waals surface area contributed by atoms with Crippen LogP contribution in [-0.4, -0.2) is 57.3 Å². The van der Waals surface area contributed by atoms with Gasteiger partial charge in [0.15, 0.2) is 5.01 Å². The molecule has 3 aliphatic rings. The third-order valence-electron chi connectivity index (χ3n) is 4.98. The molecule has 3 aromatic rings. The summed E-state index contributed by atoms with van der Waals surface area (Å²) in [7, 11) is 0. The van der Waals surface area contributed by atoms with Crippen LogP contribution >= 0.6 is 11.3 Å². The number of hydrogen-bond acceptors (Lipinski definition) is 7. The highest BCUT2D eigenvalue weighted by atomic mass is 32.1. The zero-order valence-corrected chi connectivity index (χ0v) is 14.1. The van der Waals surface area contributed by atoms with Gasteiger partial charge in [-0.1, -0.05) is 23.5 Å². The van der Waals surface area contributed by atoms with Gasteiger partial charge < -0.3 is 9.80 Å². The van der Waals surface area contributed by atoms with E-state index in [0.29, 0.717) is 6.04 Å². The van der Waals surface area contributed by atoms with Crippen molar-refractivity contribution < 1.29 is 0 Å². The lowest BCUT2D eigenvalue weighted by Crippen LogP contribution is -2.37. The minimum absolute atomic E-state index is 0.604. The van der Waals surface area contributed by atoms with E-state index in [2.05, 4.69) is 30.0 Å². The molecule has 1 aromatic carbocycles. The number of hydrogen-bond donors (Lipinski definition) is 0. The molecule has 0 radical (unpaired) electrons. The van der Waals surface area contributed by atoms with Crippen molar-refractivity contribution in [2.75, 3.05) is 31.1 Å². The van der Waals surface area contributed by atoms with Gasteiger partial charge in [-0.15, -0.1) is 10.2 Å². The molecule has 0 unspecified atom stereocenters. The summed E-state index contributed by atoms with van der Waals surface area (Å²) in [5.74, 6) is 0. The normalized spacial score (nSPS) is 23.6. The van der Waals surface area contributed by atoms with E-state index in [4.69, 9.17) is 0 Å². The fourth-order valence-electron chi connectivity index (χ4n) is 3.63. The Hall–Kier alpha value is -2.12. The van der Waals surface area contributed by atoms with Gasteiger partial charge >= 0.3 is 0 Å². The zero-order chi connectivity index (χ0) is 15.9. The molecule has 3 aliphatic heterocycles. The lowest BCUT2D eigenvalue weighted by molar-refractivity contribution is 0.250. The monoisotopic (exact) mass is 338 g/mol. The Morgan fingerprint density at radius 3 is 2.67 bits per heavy atom. The van der Waals surface area contributed by atoms with Crippen LogP contribution in [0.3, 0.4) is 0 Å². The maximum Gasteiger partial charge on any atom is 0.208 e. The SMILES string of the molecule is c1ccc2nc(-c3nnc(N4CCN5CCC4CC5)s3)cnc2c1. The molecule has 0 aliphatic carbocycles. The molecule has 6 rings (SSSR count). The first-order chi connectivity index (χ1) is 11.9. The van der Waals surface area contributed by atoms with Gasteiger partial charge in [0, 0.05) is 32.2 Å². The average molecular weight is 338 g/mol. The molecule has 2 aromatic heterocycles. The van der Waals surface area contributed by atoms with Gasteiger partial charge in [-0.25, -0.2) is 4.98 Å². The molecule has 0 amide bonds. The third kappa shape index (κ3) is 2.44. The van der Waals surface area contributed by atoms with Crippen molar-refractivity contribution in [1.29, 1.82) is 0 Å². The molecule has 5 heterocycles. The highest BCUT2D eigenvalue weighted by Gasteiger charge is 2.31. The highest BCUT2D eigenvalue weighted by molar-refractivity contribution is 7.18. The number of rotatable bonds is 2. The van der Waals surface area contributed by atoms with Crippen molar-refractivity contribution in [1.82, 2.24) is 25.1 Å². The second-order valence-electron chi connectivity index (χ2n) is 6.40. The van der Waals surface area contributed by atoms with Crippen LogP contribution in [0.5, 0.6) is 0 Å². The first kappa shape index (κ1) is 14.2. The van der Waals surface area contributed by atoms with Crippen LogP contribution in [0.15, 0.2) is 30.5 Å². The predicted octanol–water partition coefficient (Wildman–Crippen LogP) is 2.43. The summed E-state index contributed by atoms with van der Waals surface area (Å²) in [4.78, 5) is 14.2. The molecular formula is C17H18N6S. The van der Waals surface area contributed by atoms with Gasteiger partial charge in [0.2, 0.25) is 5.13 Å². The average Bonchev–Trinajstić information content (AvgIpc) is 2.94. The molecule has 0 saturated carbocycles. The van der Waals surface area contributed by atoms with Crippen LogP contribution in [0.1, 0.15) is 12.8 Å². The standard InChI is InChI=1S/C17H18N6S/c1-2-4-14-13(3-1)18-11-15(19-14)16-20-21-17(24-16)23-10-9-22-7-5-12(23)6-8-22/h1-4,11-12H,5-10H2. The van der Waals surface area contributed by atoms with Crippen molar-refractivity contribution in [3.63, 3.8) is 0 Å². The summed E-state index contributed by atoms with van der Waals surface area (Å²) in [5.41, 5.74) is 2.61. The van der Waals surface area contributed by atoms with E-state index in [1.807, 2.05) is 24.3 Å². The van der Waals surface area contributed by atoms with Crippen LogP contribution in [-0.2, 0) is 0 Å². The first-order valence-electron chi connectivity index (χ1n) is 8.41. The van der Waals surface area contributed by atoms with Crippen LogP contribution in [0.2, 0.25) is 0 Å². The van der Waals surface area contributed by atoms with E-state index in [-0.39, 0.29) is 0 Å². The second kappa shape index (κ2) is 5.75. The highest BCUT2D eigenvalue weighted by Crippen LogP contribution is 2.32. The number of anilines is 1. The quantitative estimate of drug-likeness (QED) is 0.715. The fourth-order valence-corrected chi connectivity index (χ4v) is 4.53. The lowest BCUT2D eigenvalue weighted by Gasteiger charge is -2.30. The second-order valence-corrected chi connectivity index (χ2v) is 7.36. The van der Waals surface area contributed by atoms with E-state index in [1.165, 1.54) is 25.9 Å². The van der Waals surface area contributed by atoms with Crippen LogP contribution < -0.4 is 4.90 Å². The van der Waals surface area contributed by atoms with Crippen molar-refractivity contribution in [2.45, 2.75) is 18.9 Å². The Morgan fingerprint density at radius 2 is 1.79 bits per heavy atom. The van der Waals surface area contributed by atoms with E-state index in [0.717, 1.165) is 40.0 Å². The van der Waals surface area contributed by atoms with Gasteiger partial charge in [-0.2, -0.15) is 0 Å². The molecule has 6 nitrogen and oxygen atoms in total. The summed E-state index contributed by atoms with van der Waals surface area (Å²) in [5, 5.41) is 10.7. The zero-order valence-electron chi connectivity index (χ0n) is 13.3. The van der Waals surface area contributed by atoms with Gasteiger partial charge in [0.05, 0.1) is 17.2 Å². The van der Waals surface area contributed by atoms with Crippen LogP contribution in [0.4, 0.5) is 5.13 Å². The van der Waals surface area contributed by atoms with Gasteiger partial charge in [0.25, 0.3) is 0 Å². The van der Waals surface area contributed by atoms with Gasteiger partial charge in [0.1, 0.15) is 5.69 Å². The molecular weight excluding hydrogens is 320 g/mol. The van der Waals surface area contributed by atoms with E-state index >= 15 is 0 Å². The Labute approximate surface area is 144 Å². The number of fused-ring (bicyclic) bond motifs is 5. The van der Waals surface area contributed by atoms with Gasteiger partial charge in [-0.3, -0.25) is 4.98 Å². The number of benzene rings is 1. The molecule has 122 valence electrons. The maximum atomic E-state index is 4.69. The largest absolute Gasteiger partial charge is 0.342 e. The predicted molar refractivity (Wildman–Crippen MR) is 95.2 cm³/mol. The minimum Gasteiger partial charge on any atom is -0.342 e. The molecule has 0 atom stereocenters. The Bertz CT molecular complexity index is 870. The molecule has 3 saturated heterocycles. The van der Waals surface area contributed by atoms with Crippen molar-refractivity contribution in [3.05, 3.63) is 30.5 Å². The number of nitrogens with zero attached hydrogens (tertiary/aromatic N) is 6. The van der Waals surface area contributed by atoms with E-state index in [1.54, 1.807) is 17.5 Å². The van der Waals surface area contributed by atoms with Gasteiger partial charge in [-0.05, 0) is 25.0 Å². The molecule has 7 heteroatoms. The first-order valence-corrected chi connectivity index (χ1v) is 9.23. The van der Waals surface area contributed by atoms with E-state index in [9.17, 15) is 0 Å². The lowest BCUT2D eigenvalue weighted by atomic mass is 10.1. The Balaban J connectivity index is 1.47. The summed E-state index contributed by atoms with van der Waals surface area (Å²) in [6.07, 6.45) is 4.25. The molecule has 0 N–H and O–H groups in total. The van der Waals surface area contributed by atoms with Crippen molar-refractivity contribution in [2.24, 2.45) is 0 Å². The summed E-state index contributed by atoms with van der Waals surface area (Å²) < 4.78 is 0. The summed E-state index contributed by atoms with van der Waals surface area (Å²) in [6, 6.07) is 8.52. The number of para-hydroxylation sites is 2. The van der Waals surface area contributed by atoms with Crippen molar-refractivity contribution in [3.8, 4) is 10.7 Å². The topological polar surface area (TPSA) is 58.0 Å². The van der Waals surface area contributed by atoms with Crippen LogP contribution in [0.25, 0.3) is 21.7 Å². The van der Waals surface area contributed by atoms with E-state index < -0.39 is 0 Å². The molecule has 3 fully saturated rings. The maximum absolute atomic E-state index is 4.69. The smallest absolute Gasteiger partial charge is 0.208 e. The van der Waals surface area contributed by atoms with Crippen molar-refractivity contribution >= 4 is 27.5 Å². The Kier molecular flexibility index (Phi) is 3.41. The number of piperidine rings is 1.